The van der Waals surface area contributed by atoms with E-state index in [1.165, 1.54) is 43.6 Å². The third kappa shape index (κ3) is 6.84. The van der Waals surface area contributed by atoms with E-state index in [-0.39, 0.29) is 0 Å². The molecule has 0 saturated heterocycles. The van der Waals surface area contributed by atoms with Crippen LogP contribution < -0.4 is 0 Å². The zero-order valence-electron chi connectivity index (χ0n) is 44.5. The maximum atomic E-state index is 6.32. The summed E-state index contributed by atoms with van der Waals surface area (Å²) in [5.74, 6) is 1.32. The van der Waals surface area contributed by atoms with Gasteiger partial charge in [-0.2, -0.15) is 4.98 Å². The molecule has 0 aliphatic rings. The lowest BCUT2D eigenvalue weighted by molar-refractivity contribution is 0.668. The molecule has 7 aromatic heterocycles. The van der Waals surface area contributed by atoms with Crippen LogP contribution in [0.1, 0.15) is 0 Å². The normalized spacial score (nSPS) is 12.1. The highest BCUT2D eigenvalue weighted by molar-refractivity contribution is 6.15. The van der Waals surface area contributed by atoms with Gasteiger partial charge in [0.15, 0.2) is 0 Å². The fourth-order valence-corrected chi connectivity index (χ4v) is 13.3. The fourth-order valence-electron chi connectivity index (χ4n) is 13.3. The van der Waals surface area contributed by atoms with Gasteiger partial charge in [0.05, 0.1) is 49.8 Å². The topological polar surface area (TPSA) is 71.5 Å². The second-order valence-electron chi connectivity index (χ2n) is 21.6. The highest BCUT2D eigenvalue weighted by Gasteiger charge is 2.23. The summed E-state index contributed by atoms with van der Waals surface area (Å²) in [6, 6.07) is 93.9. The van der Waals surface area contributed by atoms with Crippen molar-refractivity contribution in [3.8, 4) is 56.7 Å². The highest BCUT2D eigenvalue weighted by atomic mass is 16.3. The summed E-state index contributed by atoms with van der Waals surface area (Å²) in [4.78, 5) is 15.7. The minimum atomic E-state index is 0.566. The molecule has 18 rings (SSSR count). The van der Waals surface area contributed by atoms with Crippen molar-refractivity contribution in [3.63, 3.8) is 0 Å². The zero-order chi connectivity index (χ0) is 54.3. The van der Waals surface area contributed by atoms with Crippen LogP contribution >= 0.6 is 0 Å². The SMILES string of the molecule is c1ccc(-n2c3ccccc3c3cc(-c4ccc5c(c4)c4ccccc4n5-c4cc(-c5ccc6oc7ccncc7c6c5)nc(-n5c6ccccc6c6cc(-c7ccc8c(c7)c7ccccc7n8-c7ccccc7)ccc65)n4)ccc32)cc1. The predicted molar refractivity (Wildman–Crippen MR) is 341 cm³/mol. The Morgan fingerprint density at radius 2 is 0.651 bits per heavy atom. The number of pyridine rings is 1. The van der Waals surface area contributed by atoms with Crippen LogP contribution in [0.25, 0.3) is 166 Å². The second kappa shape index (κ2) is 17.6. The molecule has 7 heterocycles. The minimum Gasteiger partial charge on any atom is -0.456 e. The lowest BCUT2D eigenvalue weighted by Gasteiger charge is -2.14. The Morgan fingerprint density at radius 3 is 1.16 bits per heavy atom. The van der Waals surface area contributed by atoms with Crippen molar-refractivity contribution in [1.29, 1.82) is 0 Å². The van der Waals surface area contributed by atoms with Gasteiger partial charge in [-0.25, -0.2) is 4.98 Å². The van der Waals surface area contributed by atoms with Crippen molar-refractivity contribution in [2.24, 2.45) is 0 Å². The Labute approximate surface area is 474 Å². The molecule has 0 amide bonds. The van der Waals surface area contributed by atoms with Crippen LogP contribution in [0.2, 0.25) is 0 Å². The van der Waals surface area contributed by atoms with Crippen molar-refractivity contribution in [3.05, 3.63) is 273 Å². The maximum absolute atomic E-state index is 6.32. The van der Waals surface area contributed by atoms with Gasteiger partial charge in [-0.05, 0) is 144 Å². The summed E-state index contributed by atoms with van der Waals surface area (Å²) >= 11 is 0. The molecule has 0 saturated carbocycles. The van der Waals surface area contributed by atoms with Crippen molar-refractivity contribution in [2.75, 3.05) is 0 Å². The molecule has 83 heavy (non-hydrogen) atoms. The van der Waals surface area contributed by atoms with Gasteiger partial charge < -0.3 is 13.6 Å². The van der Waals surface area contributed by atoms with E-state index in [0.29, 0.717) is 5.95 Å². The molecule has 0 atom stereocenters. The average molecular weight is 1060 g/mol. The van der Waals surface area contributed by atoms with Crippen molar-refractivity contribution >= 4 is 109 Å². The third-order valence-corrected chi connectivity index (χ3v) is 17.1. The van der Waals surface area contributed by atoms with Gasteiger partial charge in [-0.15, -0.1) is 0 Å². The smallest absolute Gasteiger partial charge is 0.237 e. The van der Waals surface area contributed by atoms with E-state index in [0.717, 1.165) is 116 Å². The molecule has 8 heteroatoms. The van der Waals surface area contributed by atoms with Crippen LogP contribution in [-0.2, 0) is 0 Å². The number of fused-ring (bicyclic) bond motifs is 15. The third-order valence-electron chi connectivity index (χ3n) is 17.1. The number of hydrogen-bond donors (Lipinski definition) is 0. The number of benzene rings is 11. The van der Waals surface area contributed by atoms with Gasteiger partial charge >= 0.3 is 0 Å². The van der Waals surface area contributed by atoms with Gasteiger partial charge in [0.1, 0.15) is 17.0 Å². The van der Waals surface area contributed by atoms with E-state index in [1.807, 2.05) is 18.3 Å². The van der Waals surface area contributed by atoms with Crippen LogP contribution in [0.15, 0.2) is 278 Å². The number of rotatable bonds is 7. The first kappa shape index (κ1) is 45.5. The average Bonchev–Trinajstić information content (AvgIpc) is 3.94. The second-order valence-corrected chi connectivity index (χ2v) is 21.6. The maximum Gasteiger partial charge on any atom is 0.237 e. The van der Waals surface area contributed by atoms with Gasteiger partial charge in [0.2, 0.25) is 5.95 Å². The van der Waals surface area contributed by atoms with Crippen molar-refractivity contribution in [2.45, 2.75) is 0 Å². The van der Waals surface area contributed by atoms with Crippen LogP contribution in [0.3, 0.4) is 0 Å². The Bertz CT molecular complexity index is 5410. The fraction of sp³-hybridized carbons (Fsp3) is 0. The van der Waals surface area contributed by atoms with Gasteiger partial charge in [-0.3, -0.25) is 14.1 Å². The molecule has 0 N–H and O–H groups in total. The van der Waals surface area contributed by atoms with Gasteiger partial charge in [0.25, 0.3) is 0 Å². The molecule has 0 radical (unpaired) electrons. The van der Waals surface area contributed by atoms with E-state index < -0.39 is 0 Å². The van der Waals surface area contributed by atoms with Crippen molar-refractivity contribution < 1.29 is 4.42 Å². The summed E-state index contributed by atoms with van der Waals surface area (Å²) in [6.07, 6.45) is 3.65. The summed E-state index contributed by atoms with van der Waals surface area (Å²) in [6.45, 7) is 0. The largest absolute Gasteiger partial charge is 0.456 e. The molecular formula is C75H45N7O. The summed E-state index contributed by atoms with van der Waals surface area (Å²) < 4.78 is 15.6. The molecule has 0 spiro atoms. The first-order valence-corrected chi connectivity index (χ1v) is 28.1. The molecule has 11 aromatic carbocycles. The van der Waals surface area contributed by atoms with E-state index >= 15 is 0 Å². The Kier molecular flexibility index (Phi) is 9.64. The molecule has 18 aromatic rings. The van der Waals surface area contributed by atoms with Gasteiger partial charge in [0, 0.05) is 89.3 Å². The lowest BCUT2D eigenvalue weighted by atomic mass is 10.0. The lowest BCUT2D eigenvalue weighted by Crippen LogP contribution is -2.07. The van der Waals surface area contributed by atoms with E-state index in [4.69, 9.17) is 14.4 Å². The molecule has 0 bridgehead atoms. The van der Waals surface area contributed by atoms with Crippen molar-refractivity contribution in [1.82, 2.24) is 33.2 Å². The first-order chi connectivity index (χ1) is 41.1. The number of para-hydroxylation sites is 6. The van der Waals surface area contributed by atoms with Crippen LogP contribution in [0.4, 0.5) is 0 Å². The quantitative estimate of drug-likeness (QED) is 0.159. The standard InChI is InChI=1S/C75H45N7O/c1-3-15-51(16-4-1)79-64-23-11-7-19-53(64)57-39-46(27-32-68(57)79)48-29-34-70-59(41-48)55-21-9-13-25-66(55)81(70)74-44-63(50-31-36-72-61(43-50)62-45-76-38-37-73(62)83-72)77-75(78-74)82-67-26-14-10-22-56(67)60-42-49(30-35-71(60)82)47-28-33-69-58(40-47)54-20-8-12-24-65(54)80(69)52-17-5-2-6-18-52/h1-45H. The molecular weight excluding hydrogens is 1010 g/mol. The number of hydrogen-bond acceptors (Lipinski definition) is 4. The summed E-state index contributed by atoms with van der Waals surface area (Å²) in [5.41, 5.74) is 19.0. The number of nitrogens with zero attached hydrogens (tertiary/aromatic N) is 7. The van der Waals surface area contributed by atoms with E-state index in [2.05, 4.69) is 272 Å². The Morgan fingerprint density at radius 1 is 0.265 bits per heavy atom. The highest BCUT2D eigenvalue weighted by Crippen LogP contribution is 2.42. The molecule has 386 valence electrons. The van der Waals surface area contributed by atoms with Crippen LogP contribution in [0.5, 0.6) is 0 Å². The van der Waals surface area contributed by atoms with Gasteiger partial charge in [-0.1, -0.05) is 133 Å². The minimum absolute atomic E-state index is 0.566. The molecule has 0 aliphatic carbocycles. The molecule has 0 aliphatic heterocycles. The van der Waals surface area contributed by atoms with E-state index in [1.54, 1.807) is 6.20 Å². The number of furan rings is 1. The number of aromatic nitrogens is 7. The molecule has 8 nitrogen and oxygen atoms in total. The van der Waals surface area contributed by atoms with Crippen LogP contribution in [0, 0.1) is 0 Å². The summed E-state index contributed by atoms with van der Waals surface area (Å²) in [5, 5.41) is 11.3. The molecule has 0 fully saturated rings. The molecule has 0 unspecified atom stereocenters. The van der Waals surface area contributed by atoms with E-state index in [9.17, 15) is 0 Å². The summed E-state index contributed by atoms with van der Waals surface area (Å²) in [7, 11) is 0. The van der Waals surface area contributed by atoms with Crippen LogP contribution in [-0.4, -0.2) is 33.2 Å². The predicted octanol–water partition coefficient (Wildman–Crippen LogP) is 19.2. The monoisotopic (exact) mass is 1060 g/mol. The Hall–Kier alpha value is -11.4. The Balaban J connectivity index is 0.828. The zero-order valence-corrected chi connectivity index (χ0v) is 44.5. The first-order valence-electron chi connectivity index (χ1n) is 28.1.